The molecule has 0 spiro atoms. The van der Waals surface area contributed by atoms with Crippen molar-refractivity contribution in [3.8, 4) is 16.9 Å². The van der Waals surface area contributed by atoms with E-state index in [1.165, 1.54) is 0 Å². The van der Waals surface area contributed by atoms with E-state index in [9.17, 15) is 4.79 Å². The second-order valence-corrected chi connectivity index (χ2v) is 14.2. The van der Waals surface area contributed by atoms with Crippen molar-refractivity contribution in [2.75, 3.05) is 19.6 Å². The molecular weight excluding hydrogens is 422 g/mol. The molecule has 1 N–H and O–H groups in total. The van der Waals surface area contributed by atoms with Gasteiger partial charge in [0.25, 0.3) is 0 Å². The first-order chi connectivity index (χ1) is 14.7. The molecule has 0 unspecified atom stereocenters. The molecule has 2 aromatic carbocycles. The molecule has 2 rings (SSSR count). The summed E-state index contributed by atoms with van der Waals surface area (Å²) in [5, 5.41) is 2.81. The van der Waals surface area contributed by atoms with Crippen LogP contribution in [0.15, 0.2) is 42.5 Å². The lowest BCUT2D eigenvalue weighted by atomic mass is 10.0. The molecule has 0 aliphatic heterocycles. The van der Waals surface area contributed by atoms with Crippen LogP contribution in [0.4, 0.5) is 4.79 Å². The number of benzene rings is 2. The monoisotopic (exact) mass is 461 g/mol. The third kappa shape index (κ3) is 7.75. The maximum Gasteiger partial charge on any atom is 0.407 e. The van der Waals surface area contributed by atoms with Crippen molar-refractivity contribution in [1.29, 1.82) is 0 Å². The van der Waals surface area contributed by atoms with Crippen LogP contribution in [0.2, 0.25) is 0 Å². The lowest BCUT2D eigenvalue weighted by Crippen LogP contribution is -2.32. The van der Waals surface area contributed by atoms with Crippen LogP contribution >= 0.6 is 10.3 Å². The highest BCUT2D eigenvalue weighted by Crippen LogP contribution is 2.54. The fraction of sp³-hybridized carbons (Fsp3) is 0.500. The van der Waals surface area contributed by atoms with E-state index >= 15 is 0 Å². The summed E-state index contributed by atoms with van der Waals surface area (Å²) in [7, 11) is 0.453. The predicted molar refractivity (Wildman–Crippen MR) is 135 cm³/mol. The van der Waals surface area contributed by atoms with Gasteiger partial charge in [0.15, 0.2) is 0 Å². The number of amides is 1. The van der Waals surface area contributed by atoms with Crippen molar-refractivity contribution in [2.45, 2.75) is 65.0 Å². The number of rotatable bonds is 7. The zero-order valence-corrected chi connectivity index (χ0v) is 21.8. The van der Waals surface area contributed by atoms with Crippen LogP contribution in [0.25, 0.3) is 11.1 Å². The number of ether oxygens (including phenoxy) is 2. The zero-order chi connectivity index (χ0) is 24.2. The van der Waals surface area contributed by atoms with Crippen LogP contribution < -0.4 is 10.1 Å². The largest absolute Gasteiger partial charge is 0.497 e. The quantitative estimate of drug-likeness (QED) is 0.499. The number of alkyl carbamates (subject to hydrolysis) is 1. The van der Waals surface area contributed by atoms with E-state index in [0.29, 0.717) is 13.2 Å². The van der Waals surface area contributed by atoms with Gasteiger partial charge in [-0.15, -0.1) is 10.3 Å². The summed E-state index contributed by atoms with van der Waals surface area (Å²) in [5.41, 5.74) is 3.63. The van der Waals surface area contributed by atoms with Gasteiger partial charge in [0.2, 0.25) is 0 Å². The van der Waals surface area contributed by atoms with Gasteiger partial charge in [0.05, 0.1) is 13.7 Å². The topological polar surface area (TPSA) is 56.8 Å². The van der Waals surface area contributed by atoms with E-state index in [4.69, 9.17) is 13.7 Å². The van der Waals surface area contributed by atoms with Gasteiger partial charge in [-0.25, -0.2) is 4.79 Å². The second-order valence-electron chi connectivity index (χ2n) is 10.2. The van der Waals surface area contributed by atoms with Gasteiger partial charge >= 0.3 is 6.09 Å². The zero-order valence-electron chi connectivity index (χ0n) is 21.0. The Hall–Kier alpha value is -2.18. The van der Waals surface area contributed by atoms with Crippen molar-refractivity contribution >= 4 is 16.4 Å². The molecule has 0 atom stereocenters. The highest BCUT2D eigenvalue weighted by atomic mass is 32.3. The first kappa shape index (κ1) is 26.1. The predicted octanol–water partition coefficient (Wildman–Crippen LogP) is 6.68. The Bertz CT molecular complexity index is 926. The molecule has 178 valence electrons. The Kier molecular flexibility index (Phi) is 8.29. The second kappa shape index (κ2) is 10.2. The van der Waals surface area contributed by atoms with Crippen LogP contribution in [0.5, 0.6) is 5.75 Å². The highest BCUT2D eigenvalue weighted by molar-refractivity contribution is 8.29. The summed E-state index contributed by atoms with van der Waals surface area (Å²) >= 11 is 0. The van der Waals surface area contributed by atoms with Gasteiger partial charge in [-0.1, -0.05) is 39.0 Å². The number of hydrogen-bond acceptors (Lipinski definition) is 4. The summed E-state index contributed by atoms with van der Waals surface area (Å²) in [6, 6.07) is 14.3. The summed E-state index contributed by atoms with van der Waals surface area (Å²) in [5.74, 6) is 0.739. The normalized spacial score (nSPS) is 12.9. The van der Waals surface area contributed by atoms with Gasteiger partial charge < -0.3 is 19.0 Å². The molecule has 32 heavy (non-hydrogen) atoms. The molecule has 0 radical (unpaired) electrons. The average Bonchev–Trinajstić information content (AvgIpc) is 2.68. The maximum absolute atomic E-state index is 12.0. The lowest BCUT2D eigenvalue weighted by molar-refractivity contribution is 0.0523. The van der Waals surface area contributed by atoms with E-state index in [1.807, 2.05) is 39.0 Å². The number of methoxy groups -OCH3 is 1. The third-order valence-electron chi connectivity index (χ3n) is 5.29. The molecule has 1 amide bonds. The molecule has 6 heteroatoms. The Morgan fingerprint density at radius 3 is 2.19 bits per heavy atom. The molecule has 2 aromatic rings. The molecule has 0 aliphatic carbocycles. The smallest absolute Gasteiger partial charge is 0.407 e. The van der Waals surface area contributed by atoms with Crippen molar-refractivity contribution < 1.29 is 18.5 Å². The van der Waals surface area contributed by atoms with E-state index in [2.05, 4.69) is 62.9 Å². The highest BCUT2D eigenvalue weighted by Gasteiger charge is 2.28. The fourth-order valence-corrected chi connectivity index (χ4v) is 3.55. The molecule has 0 aromatic heterocycles. The Morgan fingerprint density at radius 2 is 1.59 bits per heavy atom. The summed E-state index contributed by atoms with van der Waals surface area (Å²) < 4.78 is 17.3. The van der Waals surface area contributed by atoms with Crippen molar-refractivity contribution in [2.24, 2.45) is 0 Å². The first-order valence-corrected chi connectivity index (χ1v) is 13.2. The fourth-order valence-electron chi connectivity index (χ4n) is 2.77. The van der Waals surface area contributed by atoms with E-state index in [0.717, 1.165) is 28.0 Å². The SMILES string of the molecule is COc1cc(CNC(=O)OC(C)(C)C)cc(-c2cccc(COS(C)(C)C(C)(C)C)c2)c1. The van der Waals surface area contributed by atoms with Crippen LogP contribution in [0.1, 0.15) is 52.7 Å². The van der Waals surface area contributed by atoms with Gasteiger partial charge in [-0.2, -0.15) is 0 Å². The number of carbonyl (C=O) groups is 1. The Labute approximate surface area is 195 Å². The van der Waals surface area contributed by atoms with Gasteiger partial charge in [0, 0.05) is 11.3 Å². The Balaban J connectivity index is 2.19. The molecule has 0 saturated heterocycles. The van der Waals surface area contributed by atoms with Gasteiger partial charge in [0.1, 0.15) is 11.4 Å². The molecule has 5 nitrogen and oxygen atoms in total. The first-order valence-electron chi connectivity index (χ1n) is 10.8. The number of carbonyl (C=O) groups excluding carboxylic acids is 1. The van der Waals surface area contributed by atoms with Crippen molar-refractivity contribution in [3.05, 3.63) is 53.6 Å². The summed E-state index contributed by atoms with van der Waals surface area (Å²) in [4.78, 5) is 12.0. The molecule has 0 heterocycles. The van der Waals surface area contributed by atoms with Crippen LogP contribution in [-0.4, -0.2) is 36.1 Å². The van der Waals surface area contributed by atoms with E-state index < -0.39 is 22.0 Å². The third-order valence-corrected chi connectivity index (χ3v) is 8.95. The van der Waals surface area contributed by atoms with Crippen LogP contribution in [0, 0.1) is 0 Å². The summed E-state index contributed by atoms with van der Waals surface area (Å²) in [6.45, 7) is 13.1. The minimum absolute atomic E-state index is 0.118. The van der Waals surface area contributed by atoms with Crippen LogP contribution in [0.3, 0.4) is 0 Å². The van der Waals surface area contributed by atoms with Crippen molar-refractivity contribution in [3.63, 3.8) is 0 Å². The molecule has 0 saturated carbocycles. The van der Waals surface area contributed by atoms with Gasteiger partial charge in [-0.3, -0.25) is 0 Å². The molecule has 0 bridgehead atoms. The van der Waals surface area contributed by atoms with Crippen molar-refractivity contribution in [1.82, 2.24) is 5.32 Å². The minimum Gasteiger partial charge on any atom is -0.497 e. The molecule has 0 fully saturated rings. The van der Waals surface area contributed by atoms with Gasteiger partial charge in [-0.05, 0) is 79.8 Å². The number of nitrogens with one attached hydrogen (secondary N) is 1. The Morgan fingerprint density at radius 1 is 0.938 bits per heavy atom. The molecular formula is C26H39NO4S. The minimum atomic E-state index is -1.19. The maximum atomic E-state index is 12.0. The van der Waals surface area contributed by atoms with Crippen LogP contribution in [-0.2, 0) is 22.1 Å². The lowest BCUT2D eigenvalue weighted by Gasteiger charge is -2.43. The van der Waals surface area contributed by atoms with E-state index in [-0.39, 0.29) is 4.75 Å². The average molecular weight is 462 g/mol. The van der Waals surface area contributed by atoms with E-state index in [1.54, 1.807) is 7.11 Å². The summed E-state index contributed by atoms with van der Waals surface area (Å²) in [6.07, 6.45) is 3.98. The number of hydrogen-bond donors (Lipinski definition) is 1. The molecule has 0 aliphatic rings. The standard InChI is InChI=1S/C26H39NO4S/c1-25(2,3)31-24(28)27-17-20-14-22(16-23(15-20)29-7)21-12-10-11-19(13-21)18-30-32(8,9)26(4,5)6/h10-16H,17-18H2,1-9H3,(H,27,28).